The van der Waals surface area contributed by atoms with Crippen LogP contribution in [0.2, 0.25) is 0 Å². The maximum atomic E-state index is 6.15. The lowest BCUT2D eigenvalue weighted by Gasteiger charge is -2.25. The van der Waals surface area contributed by atoms with Crippen LogP contribution in [0.25, 0.3) is 0 Å². The summed E-state index contributed by atoms with van der Waals surface area (Å²) in [6.07, 6.45) is 10.7. The van der Waals surface area contributed by atoms with Crippen LogP contribution in [0.15, 0.2) is 139 Å². The smallest absolute Gasteiger partial charge is 0.129 e. The van der Waals surface area contributed by atoms with Gasteiger partial charge >= 0.3 is 0 Å². The number of rotatable bonds is 15. The largest absolute Gasteiger partial charge is 0.490 e. The summed E-state index contributed by atoms with van der Waals surface area (Å²) < 4.78 is 24.0. The number of hydrogen-bond acceptors (Lipinski definition) is 7. The van der Waals surface area contributed by atoms with E-state index in [1.807, 2.05) is 41.6 Å². The Kier molecular flexibility index (Phi) is 9.01. The normalized spacial score (nSPS) is 24.0. The van der Waals surface area contributed by atoms with Gasteiger partial charge in [0, 0.05) is 17.1 Å². The van der Waals surface area contributed by atoms with Crippen molar-refractivity contribution in [3.8, 4) is 5.75 Å². The molecule has 0 radical (unpaired) electrons. The standard InChI is InChI=1S/C45H45N3O4/c1-3-9-36(10-4-1)47(37-19-15-34(16-20-37)27-30-49-32-44-28-7-13-42(44)51-44)38-21-17-35(18-22-38)31-46-48(39-11-5-2-6-12-39)40-23-25-41(26-24-40)50-33-45-29-8-14-43(45)52-45/h1-6,9-12,15-26,31,42-43H,7-8,13-14,27-30,32-33H2. The Morgan fingerprint density at radius 2 is 1.15 bits per heavy atom. The number of anilines is 5. The van der Waals surface area contributed by atoms with Crippen molar-refractivity contribution >= 4 is 34.7 Å². The fourth-order valence-electron chi connectivity index (χ4n) is 8.00. The van der Waals surface area contributed by atoms with Crippen LogP contribution in [0.1, 0.15) is 49.7 Å². The van der Waals surface area contributed by atoms with Crippen molar-refractivity contribution in [2.45, 2.75) is 68.4 Å². The van der Waals surface area contributed by atoms with E-state index in [4.69, 9.17) is 24.0 Å². The summed E-state index contributed by atoms with van der Waals surface area (Å²) in [7, 11) is 0. The molecule has 2 aliphatic heterocycles. The third kappa shape index (κ3) is 6.96. The molecule has 2 aliphatic carbocycles. The molecule has 0 amide bonds. The van der Waals surface area contributed by atoms with E-state index in [1.54, 1.807) is 0 Å². The minimum absolute atomic E-state index is 0.0370. The van der Waals surface area contributed by atoms with Crippen molar-refractivity contribution in [2.24, 2.45) is 5.10 Å². The molecule has 9 rings (SSSR count). The highest BCUT2D eigenvalue weighted by atomic mass is 16.6. The number of para-hydroxylation sites is 2. The number of ether oxygens (including phenoxy) is 4. The third-order valence-corrected chi connectivity index (χ3v) is 11.1. The quantitative estimate of drug-likeness (QED) is 0.0472. The molecule has 0 bridgehead atoms. The van der Waals surface area contributed by atoms with Crippen LogP contribution in [0, 0.1) is 0 Å². The Morgan fingerprint density at radius 3 is 1.75 bits per heavy atom. The summed E-state index contributed by atoms with van der Waals surface area (Å²) in [5, 5.41) is 6.93. The molecule has 0 spiro atoms. The highest BCUT2D eigenvalue weighted by molar-refractivity contribution is 5.84. The lowest BCUT2D eigenvalue weighted by atomic mass is 10.1. The van der Waals surface area contributed by atoms with E-state index in [0.717, 1.165) is 72.0 Å². The maximum absolute atomic E-state index is 6.15. The van der Waals surface area contributed by atoms with Crippen molar-refractivity contribution in [3.63, 3.8) is 0 Å². The van der Waals surface area contributed by atoms with Crippen LogP contribution in [0.3, 0.4) is 0 Å². The Balaban J connectivity index is 0.884. The van der Waals surface area contributed by atoms with Gasteiger partial charge < -0.3 is 23.8 Å². The first kappa shape index (κ1) is 32.9. The summed E-state index contributed by atoms with van der Waals surface area (Å²) in [4.78, 5) is 2.28. The zero-order valence-corrected chi connectivity index (χ0v) is 29.5. The van der Waals surface area contributed by atoms with E-state index in [9.17, 15) is 0 Å². The van der Waals surface area contributed by atoms with Gasteiger partial charge in [0.1, 0.15) is 23.6 Å². The molecule has 4 fully saturated rings. The second kappa shape index (κ2) is 14.2. The molecule has 2 saturated carbocycles. The molecule has 0 N–H and O–H groups in total. The van der Waals surface area contributed by atoms with Gasteiger partial charge in [0.25, 0.3) is 0 Å². The predicted octanol–water partition coefficient (Wildman–Crippen LogP) is 9.91. The molecule has 2 heterocycles. The van der Waals surface area contributed by atoms with E-state index >= 15 is 0 Å². The van der Waals surface area contributed by atoms with Gasteiger partial charge in [0.15, 0.2) is 0 Å². The lowest BCUT2D eigenvalue weighted by Crippen LogP contribution is -2.20. The minimum Gasteiger partial charge on any atom is -0.490 e. The second-order valence-electron chi connectivity index (χ2n) is 14.5. The third-order valence-electron chi connectivity index (χ3n) is 11.1. The van der Waals surface area contributed by atoms with E-state index in [-0.39, 0.29) is 11.2 Å². The SMILES string of the molecule is C(=NN(c1ccccc1)c1ccc(OCC23CCCC2O3)cc1)c1ccc(N(c2ccccc2)c2ccc(CCOCC34CCCC3O4)cc2)cc1. The highest BCUT2D eigenvalue weighted by Crippen LogP contribution is 2.50. The fourth-order valence-corrected chi connectivity index (χ4v) is 8.00. The number of fused-ring (bicyclic) bond motifs is 2. The first-order valence-electron chi connectivity index (χ1n) is 18.8. The molecular formula is C45H45N3O4. The van der Waals surface area contributed by atoms with Crippen LogP contribution in [0.5, 0.6) is 5.75 Å². The molecule has 5 aromatic rings. The molecular weight excluding hydrogens is 647 g/mol. The summed E-state index contributed by atoms with van der Waals surface area (Å²) in [6, 6.07) is 46.2. The summed E-state index contributed by atoms with van der Waals surface area (Å²) in [6.45, 7) is 2.05. The van der Waals surface area contributed by atoms with Gasteiger partial charge in [-0.05, 0) is 129 Å². The predicted molar refractivity (Wildman–Crippen MR) is 207 cm³/mol. The number of hydrogen-bond donors (Lipinski definition) is 0. The molecule has 7 heteroatoms. The van der Waals surface area contributed by atoms with Crippen molar-refractivity contribution in [1.29, 1.82) is 0 Å². The minimum atomic E-state index is -0.0442. The topological polar surface area (TPSA) is 62.4 Å². The maximum Gasteiger partial charge on any atom is 0.129 e. The molecule has 0 aromatic heterocycles. The molecule has 5 aromatic carbocycles. The number of epoxide rings is 2. The monoisotopic (exact) mass is 691 g/mol. The average molecular weight is 692 g/mol. The van der Waals surface area contributed by atoms with Gasteiger partial charge in [0.05, 0.1) is 43.0 Å². The summed E-state index contributed by atoms with van der Waals surface area (Å²) >= 11 is 0. The first-order chi connectivity index (χ1) is 25.7. The van der Waals surface area contributed by atoms with Crippen molar-refractivity contribution in [1.82, 2.24) is 0 Å². The molecule has 264 valence electrons. The van der Waals surface area contributed by atoms with E-state index < -0.39 is 0 Å². The van der Waals surface area contributed by atoms with E-state index in [2.05, 4.69) is 108 Å². The van der Waals surface area contributed by atoms with Gasteiger partial charge in [0.2, 0.25) is 0 Å². The Bertz CT molecular complexity index is 1970. The van der Waals surface area contributed by atoms with E-state index in [0.29, 0.717) is 25.4 Å². The zero-order valence-electron chi connectivity index (χ0n) is 29.5. The Labute approximate surface area is 306 Å². The molecule has 4 atom stereocenters. The van der Waals surface area contributed by atoms with Crippen LogP contribution in [0.4, 0.5) is 28.4 Å². The van der Waals surface area contributed by atoms with Crippen LogP contribution in [-0.4, -0.2) is 49.4 Å². The molecule has 4 aliphatic rings. The van der Waals surface area contributed by atoms with Crippen LogP contribution < -0.4 is 14.6 Å². The Hall–Kier alpha value is -4.95. The number of benzene rings is 5. The summed E-state index contributed by atoms with van der Waals surface area (Å²) in [5.41, 5.74) is 7.47. The highest BCUT2D eigenvalue weighted by Gasteiger charge is 2.60. The van der Waals surface area contributed by atoms with Gasteiger partial charge in [-0.3, -0.25) is 0 Å². The van der Waals surface area contributed by atoms with Crippen LogP contribution >= 0.6 is 0 Å². The molecule has 2 saturated heterocycles. The molecule has 7 nitrogen and oxygen atoms in total. The van der Waals surface area contributed by atoms with Crippen molar-refractivity contribution < 1.29 is 18.9 Å². The summed E-state index contributed by atoms with van der Waals surface area (Å²) in [5.74, 6) is 0.847. The van der Waals surface area contributed by atoms with Crippen molar-refractivity contribution in [3.05, 3.63) is 145 Å². The zero-order chi connectivity index (χ0) is 34.8. The lowest BCUT2D eigenvalue weighted by molar-refractivity contribution is 0.0755. The fraction of sp³-hybridized carbons (Fsp3) is 0.311. The van der Waals surface area contributed by atoms with Gasteiger partial charge in [-0.25, -0.2) is 5.01 Å². The number of hydrazone groups is 1. The van der Waals surface area contributed by atoms with Gasteiger partial charge in [-0.1, -0.05) is 60.7 Å². The van der Waals surface area contributed by atoms with Gasteiger partial charge in [-0.15, -0.1) is 0 Å². The molecule has 4 unspecified atom stereocenters. The van der Waals surface area contributed by atoms with E-state index in [1.165, 1.54) is 24.8 Å². The number of nitrogens with zero attached hydrogens (tertiary/aromatic N) is 3. The van der Waals surface area contributed by atoms with Gasteiger partial charge in [-0.2, -0.15) is 5.10 Å². The van der Waals surface area contributed by atoms with Crippen LogP contribution in [-0.2, 0) is 20.6 Å². The average Bonchev–Trinajstić information content (AvgIpc) is 3.97. The van der Waals surface area contributed by atoms with Crippen molar-refractivity contribution in [2.75, 3.05) is 29.7 Å². The Morgan fingerprint density at radius 1 is 0.615 bits per heavy atom. The second-order valence-corrected chi connectivity index (χ2v) is 14.5. The first-order valence-corrected chi connectivity index (χ1v) is 18.8. The molecule has 52 heavy (non-hydrogen) atoms.